The SMILES string of the molecule is CC(C)(C(=O)N1CCC(N)C(C)(C)C1)c1ccccc1Cl. The summed E-state index contributed by atoms with van der Waals surface area (Å²) in [6.45, 7) is 9.55. The molecule has 2 rings (SSSR count). The molecule has 0 radical (unpaired) electrons. The Labute approximate surface area is 132 Å². The zero-order valence-electron chi connectivity index (χ0n) is 13.3. The zero-order valence-corrected chi connectivity index (χ0v) is 14.1. The molecule has 0 aromatic heterocycles. The molecule has 4 heteroatoms. The van der Waals surface area contributed by atoms with Crippen LogP contribution in [0.1, 0.15) is 39.7 Å². The van der Waals surface area contributed by atoms with Crippen molar-refractivity contribution in [3.05, 3.63) is 34.9 Å². The molecule has 1 aromatic rings. The number of rotatable bonds is 2. The van der Waals surface area contributed by atoms with Gasteiger partial charge in [-0.2, -0.15) is 0 Å². The average molecular weight is 309 g/mol. The molecule has 0 bridgehead atoms. The molecule has 1 heterocycles. The van der Waals surface area contributed by atoms with Crippen molar-refractivity contribution in [3.8, 4) is 0 Å². The van der Waals surface area contributed by atoms with Crippen molar-refractivity contribution < 1.29 is 4.79 Å². The van der Waals surface area contributed by atoms with Crippen molar-refractivity contribution in [1.29, 1.82) is 0 Å². The number of piperidine rings is 1. The summed E-state index contributed by atoms with van der Waals surface area (Å²) in [6.07, 6.45) is 0.845. The first-order chi connectivity index (χ1) is 9.66. The van der Waals surface area contributed by atoms with E-state index in [9.17, 15) is 4.79 Å². The minimum Gasteiger partial charge on any atom is -0.341 e. The van der Waals surface area contributed by atoms with Crippen LogP contribution in [0.5, 0.6) is 0 Å². The zero-order chi connectivity index (χ0) is 15.8. The van der Waals surface area contributed by atoms with Gasteiger partial charge in [0.25, 0.3) is 0 Å². The van der Waals surface area contributed by atoms with Crippen LogP contribution in [0.2, 0.25) is 5.02 Å². The summed E-state index contributed by atoms with van der Waals surface area (Å²) in [6, 6.07) is 7.72. The number of halogens is 1. The van der Waals surface area contributed by atoms with E-state index >= 15 is 0 Å². The molecule has 2 N–H and O–H groups in total. The van der Waals surface area contributed by atoms with Crippen molar-refractivity contribution in [2.75, 3.05) is 13.1 Å². The third kappa shape index (κ3) is 3.09. The van der Waals surface area contributed by atoms with Gasteiger partial charge < -0.3 is 10.6 Å². The summed E-state index contributed by atoms with van der Waals surface area (Å²) in [7, 11) is 0. The number of carbonyl (C=O) groups excluding carboxylic acids is 1. The Balaban J connectivity index is 2.25. The summed E-state index contributed by atoms with van der Waals surface area (Å²) in [5.41, 5.74) is 6.36. The van der Waals surface area contributed by atoms with E-state index in [0.717, 1.165) is 18.5 Å². The second kappa shape index (κ2) is 5.62. The molecule has 21 heavy (non-hydrogen) atoms. The van der Waals surface area contributed by atoms with Crippen LogP contribution in [-0.2, 0) is 10.2 Å². The molecular formula is C17H25ClN2O. The smallest absolute Gasteiger partial charge is 0.232 e. The number of benzene rings is 1. The highest BCUT2D eigenvalue weighted by atomic mass is 35.5. The fraction of sp³-hybridized carbons (Fsp3) is 0.588. The monoisotopic (exact) mass is 308 g/mol. The number of likely N-dealkylation sites (tertiary alicyclic amines) is 1. The summed E-state index contributed by atoms with van der Waals surface area (Å²) in [5.74, 6) is 0.121. The molecule has 3 nitrogen and oxygen atoms in total. The van der Waals surface area contributed by atoms with Crippen LogP contribution < -0.4 is 5.73 Å². The predicted octanol–water partition coefficient (Wildman–Crippen LogP) is 3.20. The first-order valence-electron chi connectivity index (χ1n) is 7.46. The van der Waals surface area contributed by atoms with Gasteiger partial charge in [0.2, 0.25) is 5.91 Å². The molecular weight excluding hydrogens is 284 g/mol. The summed E-state index contributed by atoms with van der Waals surface area (Å²) >= 11 is 6.28. The van der Waals surface area contributed by atoms with Gasteiger partial charge in [0.05, 0.1) is 5.41 Å². The number of amides is 1. The highest BCUT2D eigenvalue weighted by molar-refractivity contribution is 6.31. The molecule has 1 aliphatic rings. The Hall–Kier alpha value is -1.06. The van der Waals surface area contributed by atoms with Crippen LogP contribution in [0, 0.1) is 5.41 Å². The fourth-order valence-corrected chi connectivity index (χ4v) is 3.40. The van der Waals surface area contributed by atoms with Gasteiger partial charge >= 0.3 is 0 Å². The summed E-state index contributed by atoms with van der Waals surface area (Å²) in [5, 5.41) is 0.642. The minimum atomic E-state index is -0.629. The van der Waals surface area contributed by atoms with Crippen molar-refractivity contribution in [3.63, 3.8) is 0 Å². The van der Waals surface area contributed by atoms with Crippen molar-refractivity contribution in [1.82, 2.24) is 4.90 Å². The van der Waals surface area contributed by atoms with E-state index in [1.165, 1.54) is 0 Å². The molecule has 0 aliphatic carbocycles. The van der Waals surface area contributed by atoms with Gasteiger partial charge in [-0.05, 0) is 37.3 Å². The van der Waals surface area contributed by atoms with Gasteiger partial charge in [-0.1, -0.05) is 43.6 Å². The Bertz CT molecular complexity index is 539. The van der Waals surface area contributed by atoms with Crippen LogP contribution >= 0.6 is 11.6 Å². The van der Waals surface area contributed by atoms with Crippen molar-refractivity contribution in [2.24, 2.45) is 11.1 Å². The molecule has 0 spiro atoms. The van der Waals surface area contributed by atoms with Crippen LogP contribution in [0.3, 0.4) is 0 Å². The fourth-order valence-electron chi connectivity index (χ4n) is 3.03. The second-order valence-corrected chi connectivity index (χ2v) is 7.62. The highest BCUT2D eigenvalue weighted by Crippen LogP contribution is 2.35. The molecule has 1 unspecified atom stereocenters. The van der Waals surface area contributed by atoms with E-state index in [-0.39, 0.29) is 17.4 Å². The lowest BCUT2D eigenvalue weighted by Crippen LogP contribution is -2.56. The number of nitrogens with zero attached hydrogens (tertiary/aromatic N) is 1. The van der Waals surface area contributed by atoms with E-state index < -0.39 is 5.41 Å². The Kier molecular flexibility index (Phi) is 4.36. The van der Waals surface area contributed by atoms with E-state index in [0.29, 0.717) is 11.6 Å². The quantitative estimate of drug-likeness (QED) is 0.912. The van der Waals surface area contributed by atoms with Crippen molar-refractivity contribution >= 4 is 17.5 Å². The highest BCUT2D eigenvalue weighted by Gasteiger charge is 2.41. The maximum Gasteiger partial charge on any atom is 0.232 e. The first-order valence-corrected chi connectivity index (χ1v) is 7.84. The van der Waals surface area contributed by atoms with Crippen molar-refractivity contribution in [2.45, 2.75) is 45.6 Å². The van der Waals surface area contributed by atoms with Gasteiger partial charge in [0.15, 0.2) is 0 Å². The van der Waals surface area contributed by atoms with E-state index in [2.05, 4.69) is 13.8 Å². The second-order valence-electron chi connectivity index (χ2n) is 7.22. The van der Waals surface area contributed by atoms with Crippen LogP contribution in [0.25, 0.3) is 0 Å². The molecule has 1 fully saturated rings. The largest absolute Gasteiger partial charge is 0.341 e. The van der Waals surface area contributed by atoms with E-state index in [1.807, 2.05) is 43.0 Å². The lowest BCUT2D eigenvalue weighted by Gasteiger charge is -2.45. The molecule has 0 saturated carbocycles. The first kappa shape index (κ1) is 16.3. The maximum atomic E-state index is 13.0. The van der Waals surface area contributed by atoms with Crippen LogP contribution in [0.4, 0.5) is 0 Å². The minimum absolute atomic E-state index is 0.0511. The van der Waals surface area contributed by atoms with Gasteiger partial charge in [0.1, 0.15) is 0 Å². The number of nitrogens with two attached hydrogens (primary N) is 1. The molecule has 1 amide bonds. The van der Waals surface area contributed by atoms with Crippen LogP contribution in [0.15, 0.2) is 24.3 Å². The average Bonchev–Trinajstić information content (AvgIpc) is 2.41. The third-order valence-corrected chi connectivity index (χ3v) is 5.01. The summed E-state index contributed by atoms with van der Waals surface area (Å²) < 4.78 is 0. The molecule has 1 saturated heterocycles. The van der Waals surface area contributed by atoms with Gasteiger partial charge in [-0.3, -0.25) is 4.79 Å². The molecule has 1 aliphatic heterocycles. The Morgan fingerprint density at radius 2 is 2.00 bits per heavy atom. The van der Waals surface area contributed by atoms with Gasteiger partial charge in [-0.25, -0.2) is 0 Å². The molecule has 1 atom stereocenters. The van der Waals surface area contributed by atoms with E-state index in [1.54, 1.807) is 0 Å². The lowest BCUT2D eigenvalue weighted by atomic mass is 9.77. The number of carbonyl (C=O) groups is 1. The number of hydrogen-bond donors (Lipinski definition) is 1. The lowest BCUT2D eigenvalue weighted by molar-refractivity contribution is -0.139. The molecule has 116 valence electrons. The third-order valence-electron chi connectivity index (χ3n) is 4.68. The normalized spacial score (nSPS) is 22.2. The molecule has 1 aromatic carbocycles. The topological polar surface area (TPSA) is 46.3 Å². The standard InChI is InChI=1S/C17H25ClN2O/c1-16(2)11-20(10-9-14(16)19)15(21)17(3,4)12-7-5-6-8-13(12)18/h5-8,14H,9-11,19H2,1-4H3. The predicted molar refractivity (Wildman–Crippen MR) is 87.4 cm³/mol. The number of hydrogen-bond acceptors (Lipinski definition) is 2. The maximum absolute atomic E-state index is 13.0. The Morgan fingerprint density at radius 3 is 2.57 bits per heavy atom. The van der Waals surface area contributed by atoms with Gasteiger partial charge in [-0.15, -0.1) is 0 Å². The Morgan fingerprint density at radius 1 is 1.38 bits per heavy atom. The van der Waals surface area contributed by atoms with E-state index in [4.69, 9.17) is 17.3 Å². The van der Waals surface area contributed by atoms with Gasteiger partial charge in [0, 0.05) is 24.2 Å². The summed E-state index contributed by atoms with van der Waals surface area (Å²) in [4.78, 5) is 14.9. The van der Waals surface area contributed by atoms with Crippen LogP contribution in [-0.4, -0.2) is 29.9 Å².